The van der Waals surface area contributed by atoms with E-state index in [9.17, 15) is 0 Å². The first kappa shape index (κ1) is 23.9. The van der Waals surface area contributed by atoms with Crippen LogP contribution in [0.1, 0.15) is 22.5 Å². The van der Waals surface area contributed by atoms with Crippen molar-refractivity contribution in [3.05, 3.63) is 45.9 Å². The molecule has 0 aliphatic carbocycles. The van der Waals surface area contributed by atoms with Gasteiger partial charge in [0.25, 0.3) is 0 Å². The Morgan fingerprint density at radius 1 is 1.14 bits per heavy atom. The van der Waals surface area contributed by atoms with E-state index in [1.807, 2.05) is 7.05 Å². The molecule has 2 N–H and O–H groups in total. The summed E-state index contributed by atoms with van der Waals surface area (Å²) in [5.41, 5.74) is 2.44. The van der Waals surface area contributed by atoms with E-state index in [0.29, 0.717) is 12.6 Å². The van der Waals surface area contributed by atoms with Gasteiger partial charge < -0.3 is 15.5 Å². The summed E-state index contributed by atoms with van der Waals surface area (Å²) in [4.78, 5) is 15.2. The number of nitrogens with one attached hydrogen (secondary N) is 2. The number of aryl methyl sites for hydroxylation is 2. The summed E-state index contributed by atoms with van der Waals surface area (Å²) in [6.07, 6.45) is 0. The normalized spacial score (nSPS) is 16.3. The van der Waals surface area contributed by atoms with E-state index in [4.69, 9.17) is 0 Å². The largest absolute Gasteiger partial charge is 0.369 e. The van der Waals surface area contributed by atoms with E-state index in [1.165, 1.54) is 10.6 Å². The predicted molar refractivity (Wildman–Crippen MR) is 135 cm³/mol. The lowest BCUT2D eigenvalue weighted by molar-refractivity contribution is 0.197. The molecule has 2 heterocycles. The number of guanidine groups is 1. The zero-order valence-corrected chi connectivity index (χ0v) is 21.0. The van der Waals surface area contributed by atoms with Crippen LogP contribution in [-0.4, -0.2) is 61.7 Å². The predicted octanol–water partition coefficient (Wildman–Crippen LogP) is 3.25. The Balaban J connectivity index is 0.00000300. The van der Waals surface area contributed by atoms with Crippen LogP contribution in [0.2, 0.25) is 0 Å². The Hall–Kier alpha value is -1.39. The molecule has 160 valence electrons. The molecule has 3 rings (SSSR count). The molecule has 8 heteroatoms. The third kappa shape index (κ3) is 6.82. The van der Waals surface area contributed by atoms with Gasteiger partial charge in [0.2, 0.25) is 0 Å². The molecule has 0 spiro atoms. The first-order chi connectivity index (χ1) is 13.6. The van der Waals surface area contributed by atoms with E-state index in [2.05, 4.69) is 81.5 Å². The number of aliphatic imine (C=N–C) groups is 1. The highest BCUT2D eigenvalue weighted by Crippen LogP contribution is 2.17. The fourth-order valence-corrected chi connectivity index (χ4v) is 4.30. The van der Waals surface area contributed by atoms with Gasteiger partial charge in [-0.25, -0.2) is 4.98 Å². The maximum atomic E-state index is 4.58. The lowest BCUT2D eigenvalue weighted by Crippen LogP contribution is -2.53. The number of hydrogen-bond donors (Lipinski definition) is 2. The zero-order valence-electron chi connectivity index (χ0n) is 17.8. The number of halogens is 1. The molecule has 1 saturated heterocycles. The summed E-state index contributed by atoms with van der Waals surface area (Å²) in [7, 11) is 1.82. The molecule has 0 saturated carbocycles. The molecule has 6 nitrogen and oxygen atoms in total. The lowest BCUT2D eigenvalue weighted by atomic mass is 10.2. The smallest absolute Gasteiger partial charge is 0.191 e. The molecule has 1 aliphatic rings. The van der Waals surface area contributed by atoms with Crippen molar-refractivity contribution in [1.82, 2.24) is 20.5 Å². The van der Waals surface area contributed by atoms with Gasteiger partial charge in [-0.3, -0.25) is 9.89 Å². The molecule has 1 aliphatic heterocycles. The topological polar surface area (TPSA) is 55.8 Å². The molecule has 1 fully saturated rings. The first-order valence-electron chi connectivity index (χ1n) is 9.98. The fourth-order valence-electron chi connectivity index (χ4n) is 3.43. The fraction of sp³-hybridized carbons (Fsp3) is 0.524. The van der Waals surface area contributed by atoms with Gasteiger partial charge in [-0.1, -0.05) is 18.2 Å². The molecule has 1 aromatic carbocycles. The third-order valence-electron chi connectivity index (χ3n) is 5.33. The highest BCUT2D eigenvalue weighted by atomic mass is 127. The molecule has 0 bridgehead atoms. The van der Waals surface area contributed by atoms with Crippen LogP contribution in [0.3, 0.4) is 0 Å². The number of piperazine rings is 1. The second-order valence-electron chi connectivity index (χ2n) is 7.26. The van der Waals surface area contributed by atoms with E-state index >= 15 is 0 Å². The number of hydrogen-bond acceptors (Lipinski definition) is 5. The van der Waals surface area contributed by atoms with Crippen molar-refractivity contribution in [1.29, 1.82) is 0 Å². The number of nitrogens with zero attached hydrogens (tertiary/aromatic N) is 4. The Labute approximate surface area is 195 Å². The van der Waals surface area contributed by atoms with Gasteiger partial charge in [-0.15, -0.1) is 35.3 Å². The van der Waals surface area contributed by atoms with Gasteiger partial charge in [-0.2, -0.15) is 0 Å². The maximum Gasteiger partial charge on any atom is 0.191 e. The number of thiazole rings is 1. The Morgan fingerprint density at radius 3 is 2.41 bits per heavy atom. The van der Waals surface area contributed by atoms with Crippen LogP contribution in [0.4, 0.5) is 5.69 Å². The van der Waals surface area contributed by atoms with Gasteiger partial charge in [0.1, 0.15) is 5.01 Å². The summed E-state index contributed by atoms with van der Waals surface area (Å²) in [5, 5.41) is 7.93. The molecule has 1 unspecified atom stereocenters. The SMILES string of the molecule is CN=C(NCc1nc(C)c(C)s1)NCC(C)N1CCN(c2ccccc2)CC1.I. The van der Waals surface area contributed by atoms with Crippen LogP contribution < -0.4 is 15.5 Å². The summed E-state index contributed by atoms with van der Waals surface area (Å²) >= 11 is 1.74. The van der Waals surface area contributed by atoms with Crippen molar-refractivity contribution in [3.8, 4) is 0 Å². The van der Waals surface area contributed by atoms with Crippen LogP contribution in [0.5, 0.6) is 0 Å². The molecule has 0 radical (unpaired) electrons. The average molecular weight is 529 g/mol. The van der Waals surface area contributed by atoms with E-state index < -0.39 is 0 Å². The third-order valence-corrected chi connectivity index (χ3v) is 6.40. The standard InChI is InChI=1S/C21H32N6S.HI/c1-16(26-10-12-27(13-11-26)19-8-6-5-7-9-19)14-23-21(22-4)24-15-20-25-17(2)18(3)28-20;/h5-9,16H,10-15H2,1-4H3,(H2,22,23,24);1H. The Kier molecular flexibility index (Phi) is 9.64. The van der Waals surface area contributed by atoms with Gasteiger partial charge in [0, 0.05) is 56.4 Å². The van der Waals surface area contributed by atoms with E-state index in [0.717, 1.165) is 49.4 Å². The lowest BCUT2D eigenvalue weighted by Gasteiger charge is -2.39. The van der Waals surface area contributed by atoms with Gasteiger partial charge in [0.15, 0.2) is 5.96 Å². The number of aromatic nitrogens is 1. The number of benzene rings is 1. The number of para-hydroxylation sites is 1. The van der Waals surface area contributed by atoms with Gasteiger partial charge in [-0.05, 0) is 32.9 Å². The minimum absolute atomic E-state index is 0. The monoisotopic (exact) mass is 528 g/mol. The van der Waals surface area contributed by atoms with Crippen LogP contribution in [0, 0.1) is 13.8 Å². The Morgan fingerprint density at radius 2 is 1.83 bits per heavy atom. The summed E-state index contributed by atoms with van der Waals surface area (Å²) in [6.45, 7) is 12.4. The maximum absolute atomic E-state index is 4.58. The van der Waals surface area contributed by atoms with Crippen molar-refractivity contribution in [2.75, 3.05) is 44.7 Å². The second-order valence-corrected chi connectivity index (χ2v) is 8.55. The molecule has 29 heavy (non-hydrogen) atoms. The number of anilines is 1. The van der Waals surface area contributed by atoms with Crippen molar-refractivity contribution in [2.24, 2.45) is 4.99 Å². The quantitative estimate of drug-likeness (QED) is 0.343. The van der Waals surface area contributed by atoms with Crippen LogP contribution >= 0.6 is 35.3 Å². The highest BCUT2D eigenvalue weighted by Gasteiger charge is 2.21. The highest BCUT2D eigenvalue weighted by molar-refractivity contribution is 14.0. The molecule has 0 amide bonds. The van der Waals surface area contributed by atoms with Crippen molar-refractivity contribution in [2.45, 2.75) is 33.4 Å². The summed E-state index contributed by atoms with van der Waals surface area (Å²) in [5.74, 6) is 0.834. The molecular weight excluding hydrogens is 495 g/mol. The minimum Gasteiger partial charge on any atom is -0.369 e. The van der Waals surface area contributed by atoms with E-state index in [-0.39, 0.29) is 24.0 Å². The summed E-state index contributed by atoms with van der Waals surface area (Å²) < 4.78 is 0. The molecular formula is C21H33IN6S. The molecule has 1 atom stereocenters. The van der Waals surface area contributed by atoms with Crippen molar-refractivity contribution >= 4 is 47.0 Å². The second kappa shape index (κ2) is 11.7. The first-order valence-corrected chi connectivity index (χ1v) is 10.8. The van der Waals surface area contributed by atoms with Crippen LogP contribution in [0.25, 0.3) is 0 Å². The van der Waals surface area contributed by atoms with Gasteiger partial charge in [0.05, 0.1) is 12.2 Å². The Bertz CT molecular complexity index is 751. The molecule has 1 aromatic heterocycles. The average Bonchev–Trinajstić information content (AvgIpc) is 3.06. The van der Waals surface area contributed by atoms with Crippen molar-refractivity contribution in [3.63, 3.8) is 0 Å². The summed E-state index contributed by atoms with van der Waals surface area (Å²) in [6, 6.07) is 11.2. The molecule has 2 aromatic rings. The van der Waals surface area contributed by atoms with Crippen molar-refractivity contribution < 1.29 is 0 Å². The van der Waals surface area contributed by atoms with Crippen LogP contribution in [0.15, 0.2) is 35.3 Å². The van der Waals surface area contributed by atoms with Gasteiger partial charge >= 0.3 is 0 Å². The minimum atomic E-state index is 0. The van der Waals surface area contributed by atoms with Crippen LogP contribution in [-0.2, 0) is 6.54 Å². The van der Waals surface area contributed by atoms with E-state index in [1.54, 1.807) is 11.3 Å². The number of rotatable bonds is 6. The zero-order chi connectivity index (χ0) is 19.9.